The van der Waals surface area contributed by atoms with Crippen LogP contribution in [0.25, 0.3) is 0 Å². The molecule has 0 fully saturated rings. The summed E-state index contributed by atoms with van der Waals surface area (Å²) >= 11 is 12.1. The summed E-state index contributed by atoms with van der Waals surface area (Å²) in [6.45, 7) is 1.02. The molecule has 2 amide bonds. The molecule has 0 aliphatic heterocycles. The van der Waals surface area contributed by atoms with E-state index < -0.39 is 12.0 Å². The van der Waals surface area contributed by atoms with Crippen molar-refractivity contribution in [2.75, 3.05) is 17.3 Å². The number of nitrogens with one attached hydrogen (secondary N) is 1. The summed E-state index contributed by atoms with van der Waals surface area (Å²) in [6.07, 6.45) is -1.85. The van der Waals surface area contributed by atoms with Crippen LogP contribution in [0.5, 0.6) is 0 Å². The van der Waals surface area contributed by atoms with Crippen LogP contribution in [0, 0.1) is 0 Å². The van der Waals surface area contributed by atoms with Gasteiger partial charge in [0.05, 0.1) is 17.1 Å². The number of hydrogen-bond donors (Lipinski definition) is 2. The molecule has 5 nitrogen and oxygen atoms in total. The van der Waals surface area contributed by atoms with E-state index in [9.17, 15) is 23.5 Å². The van der Waals surface area contributed by atoms with Crippen LogP contribution in [-0.2, 0) is 17.1 Å². The van der Waals surface area contributed by atoms with Gasteiger partial charge >= 0.3 is 0 Å². The number of anilines is 2. The summed E-state index contributed by atoms with van der Waals surface area (Å²) in [5.41, 5.74) is 1.59. The van der Waals surface area contributed by atoms with Crippen LogP contribution >= 0.6 is 23.2 Å². The third-order valence-corrected chi connectivity index (χ3v) is 5.76. The molecule has 0 spiro atoms. The van der Waals surface area contributed by atoms with Gasteiger partial charge in [0.25, 0.3) is 11.8 Å². The van der Waals surface area contributed by atoms with Gasteiger partial charge < -0.3 is 15.3 Å². The summed E-state index contributed by atoms with van der Waals surface area (Å²) in [7, 11) is 1.59. The molecule has 3 aromatic carbocycles. The number of halogens is 4. The fraction of sp³-hybridized carbons (Fsp3) is 0.200. The number of carbonyl (C=O) groups excluding carboxylic acids is 2. The average Bonchev–Trinajstić information content (AvgIpc) is 2.79. The van der Waals surface area contributed by atoms with Gasteiger partial charge in [0.15, 0.2) is 0 Å². The maximum atomic E-state index is 13.9. The van der Waals surface area contributed by atoms with Crippen molar-refractivity contribution in [2.45, 2.75) is 25.4 Å². The lowest BCUT2D eigenvalue weighted by atomic mass is 10.0. The number of alkyl halides is 2. The normalized spacial score (nSPS) is 12.2. The summed E-state index contributed by atoms with van der Waals surface area (Å²) in [6, 6.07) is 16.4. The summed E-state index contributed by atoms with van der Waals surface area (Å²) in [5.74, 6) is -4.01. The van der Waals surface area contributed by atoms with E-state index in [0.29, 0.717) is 32.5 Å². The highest BCUT2D eigenvalue weighted by molar-refractivity contribution is 6.37. The highest BCUT2D eigenvalue weighted by Crippen LogP contribution is 2.32. The Kier molecular flexibility index (Phi) is 7.92. The number of carbonyl (C=O) groups is 2. The third-order valence-electron chi connectivity index (χ3n) is 5.22. The van der Waals surface area contributed by atoms with E-state index in [2.05, 4.69) is 5.32 Å². The molecule has 0 aromatic heterocycles. The predicted molar refractivity (Wildman–Crippen MR) is 130 cm³/mol. The molecule has 1 unspecified atom stereocenters. The Bertz CT molecular complexity index is 1180. The fourth-order valence-electron chi connectivity index (χ4n) is 3.23. The van der Waals surface area contributed by atoms with Gasteiger partial charge in [-0.25, -0.2) is 0 Å². The van der Waals surface area contributed by atoms with Crippen LogP contribution in [0.3, 0.4) is 0 Å². The second kappa shape index (κ2) is 10.5. The maximum Gasteiger partial charge on any atom is 0.298 e. The Morgan fingerprint density at radius 2 is 1.65 bits per heavy atom. The largest absolute Gasteiger partial charge is 0.387 e. The number of aliphatic hydroxyl groups is 1. The molecule has 0 saturated carbocycles. The molecule has 2 N–H and O–H groups in total. The number of amides is 2. The molecule has 0 radical (unpaired) electrons. The molecule has 0 saturated heterocycles. The summed E-state index contributed by atoms with van der Waals surface area (Å²) < 4.78 is 27.7. The van der Waals surface area contributed by atoms with E-state index in [1.54, 1.807) is 49.5 Å². The number of nitrogens with zero attached hydrogens (tertiary/aromatic N) is 1. The van der Waals surface area contributed by atoms with E-state index in [-0.39, 0.29) is 23.8 Å². The van der Waals surface area contributed by atoms with Crippen molar-refractivity contribution in [1.82, 2.24) is 0 Å². The van der Waals surface area contributed by atoms with Gasteiger partial charge in [-0.15, -0.1) is 0 Å². The molecule has 1 atom stereocenters. The molecular formula is C25H22Cl2F2N2O3. The second-order valence-electron chi connectivity index (χ2n) is 7.76. The topological polar surface area (TPSA) is 69.6 Å². The van der Waals surface area contributed by atoms with Crippen LogP contribution in [0.1, 0.15) is 28.4 Å². The van der Waals surface area contributed by atoms with Crippen molar-refractivity contribution in [3.8, 4) is 0 Å². The van der Waals surface area contributed by atoms with Crippen LogP contribution in [-0.4, -0.2) is 30.1 Å². The average molecular weight is 507 g/mol. The molecule has 9 heteroatoms. The van der Waals surface area contributed by atoms with Crippen molar-refractivity contribution in [3.05, 3.63) is 93.5 Å². The third kappa shape index (κ3) is 5.91. The lowest BCUT2D eigenvalue weighted by Crippen LogP contribution is -2.27. The first-order valence-electron chi connectivity index (χ1n) is 10.3. The van der Waals surface area contributed by atoms with E-state index >= 15 is 0 Å². The van der Waals surface area contributed by atoms with E-state index in [4.69, 9.17) is 23.2 Å². The number of aliphatic hydroxyl groups excluding tert-OH is 1. The smallest absolute Gasteiger partial charge is 0.298 e. The van der Waals surface area contributed by atoms with E-state index in [1.807, 2.05) is 0 Å². The lowest BCUT2D eigenvalue weighted by molar-refractivity contribution is -0.115. The van der Waals surface area contributed by atoms with Gasteiger partial charge in [-0.05, 0) is 55.0 Å². The Labute approximate surface area is 205 Å². The Balaban J connectivity index is 1.62. The van der Waals surface area contributed by atoms with Crippen molar-refractivity contribution >= 4 is 46.4 Å². The van der Waals surface area contributed by atoms with Crippen molar-refractivity contribution in [2.24, 2.45) is 0 Å². The van der Waals surface area contributed by atoms with Gasteiger partial charge in [0.1, 0.15) is 6.10 Å². The first kappa shape index (κ1) is 25.6. The molecule has 0 bridgehead atoms. The van der Waals surface area contributed by atoms with Gasteiger partial charge in [0, 0.05) is 28.9 Å². The quantitative estimate of drug-likeness (QED) is 0.417. The van der Waals surface area contributed by atoms with E-state index in [0.717, 1.165) is 6.92 Å². The molecule has 34 heavy (non-hydrogen) atoms. The molecule has 3 aromatic rings. The van der Waals surface area contributed by atoms with Gasteiger partial charge in [-0.3, -0.25) is 9.59 Å². The van der Waals surface area contributed by atoms with Crippen LogP contribution < -0.4 is 10.2 Å². The lowest BCUT2D eigenvalue weighted by Gasteiger charge is -2.19. The first-order chi connectivity index (χ1) is 16.0. The SMILES string of the molecule is CC(O)C(F)(F)c1ccc(CC(=O)Nc2ccc(C(=O)N(C)c3ccc(Cl)cc3Cl)cc2)cc1. The van der Waals surface area contributed by atoms with Crippen molar-refractivity contribution in [1.29, 1.82) is 0 Å². The Morgan fingerprint density at radius 1 is 1.03 bits per heavy atom. The second-order valence-corrected chi connectivity index (χ2v) is 8.60. The Hall–Kier alpha value is -3.00. The molecular weight excluding hydrogens is 485 g/mol. The van der Waals surface area contributed by atoms with Crippen LogP contribution in [0.2, 0.25) is 10.0 Å². The van der Waals surface area contributed by atoms with Gasteiger partial charge in [-0.1, -0.05) is 47.5 Å². The predicted octanol–water partition coefficient (Wildman–Crippen LogP) is 5.92. The van der Waals surface area contributed by atoms with Gasteiger partial charge in [0.2, 0.25) is 5.91 Å². The summed E-state index contributed by atoms with van der Waals surface area (Å²) in [4.78, 5) is 26.5. The zero-order chi connectivity index (χ0) is 25.0. The standard InChI is InChI=1S/C25H22Cl2F2N2O3/c1-15(32)25(28,29)18-7-3-16(4-8-18)13-23(33)30-20-10-5-17(6-11-20)24(34)31(2)22-12-9-19(26)14-21(22)27/h3-12,14-15,32H,13H2,1-2H3,(H,30,33). The number of rotatable bonds is 7. The summed E-state index contributed by atoms with van der Waals surface area (Å²) in [5, 5.41) is 12.7. The van der Waals surface area contributed by atoms with Gasteiger partial charge in [-0.2, -0.15) is 8.78 Å². The minimum Gasteiger partial charge on any atom is -0.387 e. The molecule has 3 rings (SSSR count). The fourth-order valence-corrected chi connectivity index (χ4v) is 3.76. The molecule has 0 aliphatic carbocycles. The number of hydrogen-bond acceptors (Lipinski definition) is 3. The monoisotopic (exact) mass is 506 g/mol. The maximum absolute atomic E-state index is 13.9. The van der Waals surface area contributed by atoms with Crippen LogP contribution in [0.4, 0.5) is 20.2 Å². The minimum absolute atomic E-state index is 0.0288. The highest BCUT2D eigenvalue weighted by atomic mass is 35.5. The zero-order valence-electron chi connectivity index (χ0n) is 18.4. The minimum atomic E-state index is -3.37. The number of benzene rings is 3. The highest BCUT2D eigenvalue weighted by Gasteiger charge is 2.37. The van der Waals surface area contributed by atoms with Crippen molar-refractivity contribution in [3.63, 3.8) is 0 Å². The molecule has 0 aliphatic rings. The Morgan fingerprint density at radius 3 is 2.21 bits per heavy atom. The molecule has 0 heterocycles. The van der Waals surface area contributed by atoms with Crippen molar-refractivity contribution < 1.29 is 23.5 Å². The van der Waals surface area contributed by atoms with Crippen LogP contribution in [0.15, 0.2) is 66.7 Å². The first-order valence-corrected chi connectivity index (χ1v) is 11.0. The molecule has 178 valence electrons. The zero-order valence-corrected chi connectivity index (χ0v) is 19.9. The van der Waals surface area contributed by atoms with E-state index in [1.165, 1.54) is 29.2 Å².